The molecule has 2 rings (SSSR count). The first-order valence-electron chi connectivity index (χ1n) is 7.69. The van der Waals surface area contributed by atoms with Crippen molar-refractivity contribution in [2.75, 3.05) is 44.1 Å². The fourth-order valence-corrected chi connectivity index (χ4v) is 2.37. The second-order valence-electron chi connectivity index (χ2n) is 5.45. The van der Waals surface area contributed by atoms with Crippen molar-refractivity contribution in [3.63, 3.8) is 0 Å². The molecule has 0 aliphatic carbocycles. The van der Waals surface area contributed by atoms with E-state index < -0.39 is 0 Å². The molecule has 1 heterocycles. The molecule has 23 heavy (non-hydrogen) atoms. The molecule has 0 bridgehead atoms. The normalized spacial score (nSPS) is 15.0. The fourth-order valence-electron chi connectivity index (χ4n) is 2.37. The van der Waals surface area contributed by atoms with Crippen LogP contribution in [0.5, 0.6) is 0 Å². The molecule has 1 aromatic rings. The second-order valence-corrected chi connectivity index (χ2v) is 5.45. The van der Waals surface area contributed by atoms with Crippen molar-refractivity contribution in [2.24, 2.45) is 5.92 Å². The minimum absolute atomic E-state index is 0.0107. The minimum atomic E-state index is -0.253. The summed E-state index contributed by atoms with van der Waals surface area (Å²) in [4.78, 5) is 23.4. The number of carbonyl (C=O) groups is 2. The lowest BCUT2D eigenvalue weighted by atomic mass is 10.0. The fraction of sp³-hybridized carbons (Fsp3) is 0.500. The van der Waals surface area contributed by atoms with Crippen molar-refractivity contribution in [2.45, 2.75) is 12.8 Å². The second kappa shape index (κ2) is 9.12. The van der Waals surface area contributed by atoms with E-state index in [2.05, 4.69) is 16.0 Å². The number of anilines is 2. The monoisotopic (exact) mass is 321 g/mol. The average Bonchev–Trinajstić information content (AvgIpc) is 2.54. The highest BCUT2D eigenvalue weighted by Crippen LogP contribution is 2.16. The van der Waals surface area contributed by atoms with E-state index in [9.17, 15) is 9.59 Å². The topological polar surface area (TPSA) is 88.7 Å². The van der Waals surface area contributed by atoms with Gasteiger partial charge in [-0.15, -0.1) is 0 Å². The molecule has 3 N–H and O–H groups in total. The number of amides is 3. The molecule has 1 aromatic carbocycles. The van der Waals surface area contributed by atoms with Gasteiger partial charge in [-0.25, -0.2) is 4.79 Å². The van der Waals surface area contributed by atoms with Crippen molar-refractivity contribution < 1.29 is 19.1 Å². The zero-order valence-corrected chi connectivity index (χ0v) is 13.3. The number of carbonyl (C=O) groups excluding carboxylic acids is 2. The van der Waals surface area contributed by atoms with E-state index in [1.807, 2.05) is 0 Å². The summed E-state index contributed by atoms with van der Waals surface area (Å²) in [5.74, 6) is 0.225. The lowest BCUT2D eigenvalue weighted by Crippen LogP contribution is -2.35. The Labute approximate surface area is 135 Å². The number of rotatable bonds is 6. The van der Waals surface area contributed by atoms with Gasteiger partial charge >= 0.3 is 6.03 Å². The molecule has 0 radical (unpaired) electrons. The Hall–Kier alpha value is -2.12. The first-order valence-corrected chi connectivity index (χ1v) is 7.69. The first-order chi connectivity index (χ1) is 11.2. The number of nitrogens with one attached hydrogen (secondary N) is 3. The van der Waals surface area contributed by atoms with E-state index in [0.29, 0.717) is 23.8 Å². The molecule has 126 valence electrons. The van der Waals surface area contributed by atoms with E-state index in [0.717, 1.165) is 26.1 Å². The van der Waals surface area contributed by atoms with Crippen LogP contribution in [0.4, 0.5) is 16.2 Å². The molecule has 7 heteroatoms. The van der Waals surface area contributed by atoms with Gasteiger partial charge in [0.1, 0.15) is 6.61 Å². The Bertz CT molecular complexity index is 530. The Morgan fingerprint density at radius 2 is 1.91 bits per heavy atom. The summed E-state index contributed by atoms with van der Waals surface area (Å²) in [5.41, 5.74) is 1.22. The Morgan fingerprint density at radius 3 is 2.61 bits per heavy atom. The van der Waals surface area contributed by atoms with Gasteiger partial charge in [-0.1, -0.05) is 6.07 Å². The lowest BCUT2D eigenvalue weighted by Gasteiger charge is -2.22. The van der Waals surface area contributed by atoms with Crippen molar-refractivity contribution in [1.82, 2.24) is 5.32 Å². The van der Waals surface area contributed by atoms with Gasteiger partial charge in [-0.05, 0) is 37.0 Å². The summed E-state index contributed by atoms with van der Waals surface area (Å²) in [6.45, 7) is 2.15. The zero-order chi connectivity index (χ0) is 16.5. The Balaban J connectivity index is 1.79. The van der Waals surface area contributed by atoms with E-state index in [1.54, 1.807) is 24.3 Å². The quantitative estimate of drug-likeness (QED) is 0.745. The SMILES string of the molecule is COCC(=O)Nc1cccc(NC(=O)NCC2CCOCC2)c1. The van der Waals surface area contributed by atoms with Gasteiger partial charge in [0.2, 0.25) is 5.91 Å². The third-order valence-electron chi connectivity index (χ3n) is 3.57. The van der Waals surface area contributed by atoms with Crippen LogP contribution in [0.25, 0.3) is 0 Å². The maximum absolute atomic E-state index is 11.9. The first kappa shape index (κ1) is 17.2. The van der Waals surface area contributed by atoms with Crippen molar-refractivity contribution in [3.05, 3.63) is 24.3 Å². The van der Waals surface area contributed by atoms with Crippen LogP contribution in [0, 0.1) is 5.92 Å². The predicted octanol–water partition coefficient (Wildman–Crippen LogP) is 1.82. The van der Waals surface area contributed by atoms with Crippen LogP contribution in [0.3, 0.4) is 0 Å². The highest BCUT2D eigenvalue weighted by atomic mass is 16.5. The van der Waals surface area contributed by atoms with E-state index >= 15 is 0 Å². The largest absolute Gasteiger partial charge is 0.381 e. The highest BCUT2D eigenvalue weighted by molar-refractivity contribution is 5.94. The molecule has 0 saturated carbocycles. The highest BCUT2D eigenvalue weighted by Gasteiger charge is 2.14. The van der Waals surface area contributed by atoms with Crippen molar-refractivity contribution in [3.8, 4) is 0 Å². The van der Waals surface area contributed by atoms with Gasteiger partial charge in [-0.3, -0.25) is 4.79 Å². The maximum atomic E-state index is 11.9. The average molecular weight is 321 g/mol. The van der Waals surface area contributed by atoms with Gasteiger partial charge in [0.15, 0.2) is 0 Å². The molecule has 1 saturated heterocycles. The number of benzene rings is 1. The number of ether oxygens (including phenoxy) is 2. The molecule has 0 spiro atoms. The van der Waals surface area contributed by atoms with Crippen LogP contribution >= 0.6 is 0 Å². The summed E-state index contributed by atoms with van der Waals surface area (Å²) in [7, 11) is 1.46. The summed E-state index contributed by atoms with van der Waals surface area (Å²) in [6.07, 6.45) is 1.95. The van der Waals surface area contributed by atoms with Crippen molar-refractivity contribution >= 4 is 23.3 Å². The van der Waals surface area contributed by atoms with E-state index in [1.165, 1.54) is 7.11 Å². The van der Waals surface area contributed by atoms with Gasteiger partial charge in [-0.2, -0.15) is 0 Å². The molecule has 1 fully saturated rings. The number of hydrogen-bond acceptors (Lipinski definition) is 4. The molecule has 0 aromatic heterocycles. The van der Waals surface area contributed by atoms with Crippen LogP contribution in [-0.2, 0) is 14.3 Å². The molecule has 1 aliphatic rings. The number of urea groups is 1. The zero-order valence-electron chi connectivity index (χ0n) is 13.3. The Kier molecular flexibility index (Phi) is 6.83. The van der Waals surface area contributed by atoms with Gasteiger partial charge < -0.3 is 25.4 Å². The van der Waals surface area contributed by atoms with Crippen LogP contribution in [0.2, 0.25) is 0 Å². The number of methoxy groups -OCH3 is 1. The molecular weight excluding hydrogens is 298 g/mol. The van der Waals surface area contributed by atoms with Crippen LogP contribution in [0.15, 0.2) is 24.3 Å². The molecule has 0 atom stereocenters. The Morgan fingerprint density at radius 1 is 1.22 bits per heavy atom. The molecule has 7 nitrogen and oxygen atoms in total. The van der Waals surface area contributed by atoms with Gasteiger partial charge in [0.25, 0.3) is 0 Å². The maximum Gasteiger partial charge on any atom is 0.319 e. The van der Waals surface area contributed by atoms with Crippen LogP contribution in [0.1, 0.15) is 12.8 Å². The van der Waals surface area contributed by atoms with Crippen molar-refractivity contribution in [1.29, 1.82) is 0 Å². The third kappa shape index (κ3) is 6.25. The standard InChI is InChI=1S/C16H23N3O4/c1-22-11-15(20)18-13-3-2-4-14(9-13)19-16(21)17-10-12-5-7-23-8-6-12/h2-4,9,12H,5-8,10-11H2,1H3,(H,18,20)(H2,17,19,21). The van der Waals surface area contributed by atoms with Gasteiger partial charge in [0, 0.05) is 38.2 Å². The summed E-state index contributed by atoms with van der Waals surface area (Å²) in [5, 5.41) is 8.32. The van der Waals surface area contributed by atoms with Crippen LogP contribution < -0.4 is 16.0 Å². The summed E-state index contributed by atoms with van der Waals surface area (Å²) in [6, 6.07) is 6.72. The van der Waals surface area contributed by atoms with E-state index in [4.69, 9.17) is 9.47 Å². The summed E-state index contributed by atoms with van der Waals surface area (Å²) < 4.78 is 10.1. The predicted molar refractivity (Wildman–Crippen MR) is 87.5 cm³/mol. The smallest absolute Gasteiger partial charge is 0.319 e. The summed E-state index contributed by atoms with van der Waals surface area (Å²) >= 11 is 0. The van der Waals surface area contributed by atoms with E-state index in [-0.39, 0.29) is 18.5 Å². The molecule has 3 amide bonds. The lowest BCUT2D eigenvalue weighted by molar-refractivity contribution is -0.119. The molecular formula is C16H23N3O4. The van der Waals surface area contributed by atoms with Gasteiger partial charge in [0.05, 0.1) is 0 Å². The minimum Gasteiger partial charge on any atom is -0.381 e. The third-order valence-corrected chi connectivity index (χ3v) is 3.57. The number of hydrogen-bond donors (Lipinski definition) is 3. The molecule has 1 aliphatic heterocycles. The molecule has 0 unspecified atom stereocenters. The van der Waals surface area contributed by atoms with Crippen LogP contribution in [-0.4, -0.2) is 45.4 Å².